The number of nitrogens with zero attached hydrogens (tertiary/aromatic N) is 1. The monoisotopic (exact) mass is 310 g/mol. The van der Waals surface area contributed by atoms with Crippen LogP contribution in [0.4, 0.5) is 0 Å². The molecule has 0 aliphatic rings. The van der Waals surface area contributed by atoms with E-state index in [1.54, 1.807) is 11.3 Å². The maximum Gasteiger partial charge on any atom is 0.137 e. The summed E-state index contributed by atoms with van der Waals surface area (Å²) in [4.78, 5) is 7.74. The van der Waals surface area contributed by atoms with Crippen molar-refractivity contribution in [3.63, 3.8) is 0 Å². The fourth-order valence-electron chi connectivity index (χ4n) is 2.49. The van der Waals surface area contributed by atoms with Crippen LogP contribution in [0.3, 0.4) is 0 Å². The van der Waals surface area contributed by atoms with Crippen molar-refractivity contribution in [2.24, 2.45) is 0 Å². The number of benzene rings is 1. The van der Waals surface area contributed by atoms with Crippen molar-refractivity contribution in [3.8, 4) is 22.3 Å². The molecule has 3 aromatic heterocycles. The van der Waals surface area contributed by atoms with Gasteiger partial charge < -0.3 is 4.98 Å². The fraction of sp³-hybridized carbons (Fsp3) is 0. The van der Waals surface area contributed by atoms with Crippen LogP contribution in [0.2, 0.25) is 5.02 Å². The van der Waals surface area contributed by atoms with Crippen LogP contribution >= 0.6 is 22.9 Å². The molecule has 4 heteroatoms. The predicted octanol–water partition coefficient (Wildman–Crippen LogP) is 5.61. The van der Waals surface area contributed by atoms with Gasteiger partial charge in [-0.15, -0.1) is 0 Å². The first kappa shape index (κ1) is 12.6. The van der Waals surface area contributed by atoms with E-state index in [2.05, 4.69) is 32.9 Å². The Morgan fingerprint density at radius 2 is 1.95 bits per heavy atom. The van der Waals surface area contributed by atoms with Crippen LogP contribution in [-0.2, 0) is 0 Å². The van der Waals surface area contributed by atoms with Gasteiger partial charge in [-0.05, 0) is 34.5 Å². The van der Waals surface area contributed by atoms with E-state index < -0.39 is 0 Å². The van der Waals surface area contributed by atoms with Gasteiger partial charge in [-0.25, -0.2) is 4.98 Å². The Hall–Kier alpha value is -2.10. The van der Waals surface area contributed by atoms with Gasteiger partial charge in [0.15, 0.2) is 0 Å². The maximum absolute atomic E-state index is 6.32. The van der Waals surface area contributed by atoms with Crippen LogP contribution in [0.1, 0.15) is 0 Å². The Kier molecular flexibility index (Phi) is 3.02. The van der Waals surface area contributed by atoms with E-state index in [0.717, 1.165) is 32.7 Å². The molecule has 4 aromatic rings. The summed E-state index contributed by atoms with van der Waals surface area (Å²) in [5.74, 6) is 0. The molecule has 0 saturated heterocycles. The number of nitrogens with one attached hydrogen (secondary N) is 1. The lowest BCUT2D eigenvalue weighted by atomic mass is 10.0. The van der Waals surface area contributed by atoms with Crippen molar-refractivity contribution in [2.45, 2.75) is 0 Å². The van der Waals surface area contributed by atoms with E-state index >= 15 is 0 Å². The number of aromatic amines is 1. The van der Waals surface area contributed by atoms with E-state index in [9.17, 15) is 0 Å². The van der Waals surface area contributed by atoms with E-state index in [-0.39, 0.29) is 0 Å². The lowest BCUT2D eigenvalue weighted by Gasteiger charge is -2.03. The van der Waals surface area contributed by atoms with Gasteiger partial charge in [0.1, 0.15) is 5.65 Å². The molecule has 102 valence electrons. The smallest absolute Gasteiger partial charge is 0.137 e. The summed E-state index contributed by atoms with van der Waals surface area (Å²) in [5.41, 5.74) is 5.30. The number of H-pyrrole nitrogens is 1. The molecule has 0 spiro atoms. The third-order valence-electron chi connectivity index (χ3n) is 3.55. The minimum atomic E-state index is 0.749. The zero-order valence-electron chi connectivity index (χ0n) is 11.0. The average molecular weight is 311 g/mol. The molecular weight excluding hydrogens is 300 g/mol. The Bertz CT molecular complexity index is 910. The number of fused-ring (bicyclic) bond motifs is 1. The van der Waals surface area contributed by atoms with Gasteiger partial charge in [0, 0.05) is 39.5 Å². The number of halogens is 1. The topological polar surface area (TPSA) is 28.7 Å². The van der Waals surface area contributed by atoms with Crippen molar-refractivity contribution in [3.05, 3.63) is 64.6 Å². The average Bonchev–Trinajstić information content (AvgIpc) is 3.17. The summed E-state index contributed by atoms with van der Waals surface area (Å²) < 4.78 is 0. The van der Waals surface area contributed by atoms with Gasteiger partial charge in [-0.3, -0.25) is 0 Å². The number of hydrogen-bond acceptors (Lipinski definition) is 2. The minimum Gasteiger partial charge on any atom is -0.346 e. The summed E-state index contributed by atoms with van der Waals surface area (Å²) >= 11 is 8.01. The quantitative estimate of drug-likeness (QED) is 0.512. The summed E-state index contributed by atoms with van der Waals surface area (Å²) in [6, 6.07) is 12.1. The zero-order valence-corrected chi connectivity index (χ0v) is 12.6. The van der Waals surface area contributed by atoms with Crippen LogP contribution in [0.5, 0.6) is 0 Å². The van der Waals surface area contributed by atoms with Crippen LogP contribution in [0.25, 0.3) is 33.3 Å². The van der Waals surface area contributed by atoms with Crippen LogP contribution < -0.4 is 0 Å². The van der Waals surface area contributed by atoms with E-state index in [1.807, 2.05) is 36.7 Å². The molecule has 3 heterocycles. The third-order valence-corrected chi connectivity index (χ3v) is 4.56. The lowest BCUT2D eigenvalue weighted by Crippen LogP contribution is -1.81. The third kappa shape index (κ3) is 2.15. The maximum atomic E-state index is 6.32. The van der Waals surface area contributed by atoms with Gasteiger partial charge in [-0.2, -0.15) is 11.3 Å². The number of rotatable bonds is 2. The molecule has 0 atom stereocenters. The zero-order chi connectivity index (χ0) is 14.2. The molecular formula is C17H11ClN2S. The Labute approximate surface area is 131 Å². The second kappa shape index (κ2) is 5.02. The van der Waals surface area contributed by atoms with Crippen molar-refractivity contribution in [1.29, 1.82) is 0 Å². The first-order chi connectivity index (χ1) is 10.3. The molecule has 4 rings (SSSR count). The van der Waals surface area contributed by atoms with Gasteiger partial charge in [-0.1, -0.05) is 29.8 Å². The van der Waals surface area contributed by atoms with Crippen molar-refractivity contribution < 1.29 is 0 Å². The summed E-state index contributed by atoms with van der Waals surface area (Å²) in [6.45, 7) is 0. The molecule has 1 N–H and O–H groups in total. The molecule has 0 radical (unpaired) electrons. The first-order valence-electron chi connectivity index (χ1n) is 6.57. The molecule has 0 amide bonds. The van der Waals surface area contributed by atoms with Crippen LogP contribution in [0.15, 0.2) is 59.6 Å². The highest BCUT2D eigenvalue weighted by atomic mass is 35.5. The fourth-order valence-corrected chi connectivity index (χ4v) is 3.39. The Morgan fingerprint density at radius 1 is 1.05 bits per heavy atom. The predicted molar refractivity (Wildman–Crippen MR) is 89.9 cm³/mol. The minimum absolute atomic E-state index is 0.749. The van der Waals surface area contributed by atoms with Crippen LogP contribution in [0, 0.1) is 0 Å². The Balaban J connectivity index is 1.95. The lowest BCUT2D eigenvalue weighted by molar-refractivity contribution is 1.33. The van der Waals surface area contributed by atoms with E-state index in [0.29, 0.717) is 0 Å². The van der Waals surface area contributed by atoms with Gasteiger partial charge >= 0.3 is 0 Å². The highest BCUT2D eigenvalue weighted by Crippen LogP contribution is 2.34. The van der Waals surface area contributed by atoms with Gasteiger partial charge in [0.2, 0.25) is 0 Å². The van der Waals surface area contributed by atoms with Crippen LogP contribution in [-0.4, -0.2) is 9.97 Å². The van der Waals surface area contributed by atoms with Crippen molar-refractivity contribution >= 4 is 34.0 Å². The molecule has 21 heavy (non-hydrogen) atoms. The second-order valence-corrected chi connectivity index (χ2v) is 6.00. The molecule has 0 aliphatic carbocycles. The van der Waals surface area contributed by atoms with Crippen molar-refractivity contribution in [1.82, 2.24) is 9.97 Å². The molecule has 0 saturated carbocycles. The van der Waals surface area contributed by atoms with E-state index in [1.165, 1.54) is 5.56 Å². The molecule has 0 unspecified atom stereocenters. The van der Waals surface area contributed by atoms with Gasteiger partial charge in [0.05, 0.1) is 0 Å². The van der Waals surface area contributed by atoms with Crippen molar-refractivity contribution in [2.75, 3.05) is 0 Å². The van der Waals surface area contributed by atoms with E-state index in [4.69, 9.17) is 11.6 Å². The molecule has 2 nitrogen and oxygen atoms in total. The number of thiophene rings is 1. The Morgan fingerprint density at radius 3 is 2.76 bits per heavy atom. The SMILES string of the molecule is Clc1ccccc1-c1c[nH]c2ncc(-c3ccsc3)cc12. The largest absolute Gasteiger partial charge is 0.346 e. The normalized spacial score (nSPS) is 11.1. The standard InChI is InChI=1S/C17H11ClN2S/c18-16-4-2-1-3-13(16)15-9-20-17-14(15)7-12(8-19-17)11-5-6-21-10-11/h1-10H,(H,19,20). The second-order valence-electron chi connectivity index (χ2n) is 4.81. The van der Waals surface area contributed by atoms with Gasteiger partial charge in [0.25, 0.3) is 0 Å². The highest BCUT2D eigenvalue weighted by Gasteiger charge is 2.11. The molecule has 1 aromatic carbocycles. The number of pyridine rings is 1. The first-order valence-corrected chi connectivity index (χ1v) is 7.89. The highest BCUT2D eigenvalue weighted by molar-refractivity contribution is 7.08. The summed E-state index contributed by atoms with van der Waals surface area (Å²) in [7, 11) is 0. The summed E-state index contributed by atoms with van der Waals surface area (Å²) in [5, 5.41) is 6.04. The number of aromatic nitrogens is 2. The molecule has 0 aliphatic heterocycles. The number of hydrogen-bond donors (Lipinski definition) is 1. The molecule has 0 bridgehead atoms. The summed E-state index contributed by atoms with van der Waals surface area (Å²) in [6.07, 6.45) is 3.87. The molecule has 0 fully saturated rings.